The average Bonchev–Trinajstić information content (AvgIpc) is 3.23. The number of thiazole rings is 1. The number of hydrogen-bond donors (Lipinski definition) is 2. The van der Waals surface area contributed by atoms with Crippen LogP contribution in [0.25, 0.3) is 0 Å². The molecule has 8 nitrogen and oxygen atoms in total. The summed E-state index contributed by atoms with van der Waals surface area (Å²) in [6.07, 6.45) is 3.16. The van der Waals surface area contributed by atoms with Crippen molar-refractivity contribution in [2.24, 2.45) is 0 Å². The molecule has 2 N–H and O–H groups in total. The Hall–Kier alpha value is -1.75. The first-order valence-corrected chi connectivity index (χ1v) is 10.1. The number of rotatable bonds is 7. The molecule has 0 spiro atoms. The molecule has 1 heterocycles. The van der Waals surface area contributed by atoms with E-state index in [9.17, 15) is 18.5 Å². The first-order chi connectivity index (χ1) is 11.8. The summed E-state index contributed by atoms with van der Waals surface area (Å²) in [5, 5.41) is 14.3. The number of aromatic nitrogens is 1. The average molecular weight is 403 g/mol. The molecule has 0 amide bonds. The molecule has 3 rings (SSSR count). The third-order valence-corrected chi connectivity index (χ3v) is 6.35. The number of nitro groups is 1. The van der Waals surface area contributed by atoms with Crippen molar-refractivity contribution < 1.29 is 13.3 Å². The van der Waals surface area contributed by atoms with E-state index in [2.05, 4.69) is 15.0 Å². The van der Waals surface area contributed by atoms with Crippen LogP contribution >= 0.6 is 22.9 Å². The molecule has 1 aromatic carbocycles. The van der Waals surface area contributed by atoms with Crippen molar-refractivity contribution in [3.63, 3.8) is 0 Å². The van der Waals surface area contributed by atoms with E-state index in [1.165, 1.54) is 17.4 Å². The predicted molar refractivity (Wildman–Crippen MR) is 95.6 cm³/mol. The summed E-state index contributed by atoms with van der Waals surface area (Å²) >= 11 is 7.06. The van der Waals surface area contributed by atoms with E-state index in [4.69, 9.17) is 11.6 Å². The minimum absolute atomic E-state index is 0.0823. The lowest BCUT2D eigenvalue weighted by molar-refractivity contribution is -0.385. The highest BCUT2D eigenvalue weighted by Crippen LogP contribution is 2.32. The highest BCUT2D eigenvalue weighted by atomic mass is 35.5. The van der Waals surface area contributed by atoms with E-state index in [1.54, 1.807) is 13.1 Å². The Kier molecular flexibility index (Phi) is 4.96. The Balaban J connectivity index is 1.93. The summed E-state index contributed by atoms with van der Waals surface area (Å²) < 4.78 is 27.7. The standard InChI is InChI=1S/C14H15ClN4O4S2/c1-8-12(16-6-10-7-17-14(15)24-10)4-11(5-13(8)19(20)21)25(22,23)18-9-2-3-9/h4-5,7,9,16,18H,2-3,6H2,1H3. The van der Waals surface area contributed by atoms with E-state index < -0.39 is 14.9 Å². The molecule has 1 aliphatic rings. The first kappa shape index (κ1) is 18.1. The predicted octanol–water partition coefficient (Wildman–Crippen LogP) is 3.07. The second-order valence-electron chi connectivity index (χ2n) is 5.70. The lowest BCUT2D eigenvalue weighted by atomic mass is 10.1. The second kappa shape index (κ2) is 6.87. The number of hydrogen-bond acceptors (Lipinski definition) is 7. The van der Waals surface area contributed by atoms with Gasteiger partial charge in [0.25, 0.3) is 5.69 Å². The smallest absolute Gasteiger partial charge is 0.275 e. The molecule has 0 unspecified atom stereocenters. The van der Waals surface area contributed by atoms with E-state index in [-0.39, 0.29) is 16.6 Å². The fourth-order valence-corrected chi connectivity index (χ4v) is 4.51. The van der Waals surface area contributed by atoms with E-state index >= 15 is 0 Å². The summed E-state index contributed by atoms with van der Waals surface area (Å²) in [5.74, 6) is 0. The molecule has 1 aromatic heterocycles. The van der Waals surface area contributed by atoms with Gasteiger partial charge in [-0.3, -0.25) is 10.1 Å². The number of sulfonamides is 1. The molecule has 134 valence electrons. The molecule has 1 fully saturated rings. The normalized spacial score (nSPS) is 14.5. The number of benzene rings is 1. The molecule has 0 radical (unpaired) electrons. The third kappa shape index (κ3) is 4.27. The van der Waals surface area contributed by atoms with Gasteiger partial charge in [0.05, 0.1) is 16.4 Å². The van der Waals surface area contributed by atoms with Crippen LogP contribution in [-0.4, -0.2) is 24.4 Å². The van der Waals surface area contributed by atoms with E-state index in [1.807, 2.05) is 0 Å². The van der Waals surface area contributed by atoms with Gasteiger partial charge in [0.1, 0.15) is 0 Å². The van der Waals surface area contributed by atoms with Crippen molar-refractivity contribution in [2.75, 3.05) is 5.32 Å². The van der Waals surface area contributed by atoms with Crippen LogP contribution in [0.2, 0.25) is 4.47 Å². The van der Waals surface area contributed by atoms with Gasteiger partial charge >= 0.3 is 0 Å². The highest BCUT2D eigenvalue weighted by molar-refractivity contribution is 7.89. The fourth-order valence-electron chi connectivity index (χ4n) is 2.24. The zero-order chi connectivity index (χ0) is 18.2. The summed E-state index contributed by atoms with van der Waals surface area (Å²) in [7, 11) is -3.80. The van der Waals surface area contributed by atoms with Crippen LogP contribution in [0.15, 0.2) is 23.2 Å². The number of nitrogens with one attached hydrogen (secondary N) is 2. The number of anilines is 1. The zero-order valence-electron chi connectivity index (χ0n) is 13.2. The van der Waals surface area contributed by atoms with Gasteiger partial charge < -0.3 is 5.32 Å². The fraction of sp³-hybridized carbons (Fsp3) is 0.357. The van der Waals surface area contributed by atoms with Gasteiger partial charge in [-0.05, 0) is 25.8 Å². The molecule has 25 heavy (non-hydrogen) atoms. The summed E-state index contributed by atoms with van der Waals surface area (Å²) in [5.41, 5.74) is 0.504. The van der Waals surface area contributed by atoms with Crippen LogP contribution in [0.4, 0.5) is 11.4 Å². The van der Waals surface area contributed by atoms with Crippen molar-refractivity contribution >= 4 is 44.3 Å². The molecular weight excluding hydrogens is 388 g/mol. The monoisotopic (exact) mass is 402 g/mol. The quantitative estimate of drug-likeness (QED) is 0.543. The lowest BCUT2D eigenvalue weighted by Gasteiger charge is -2.12. The number of halogens is 1. The molecular formula is C14H15ClN4O4S2. The SMILES string of the molecule is Cc1c(NCc2cnc(Cl)s2)cc(S(=O)(=O)NC2CC2)cc1[N+](=O)[O-]. The Morgan fingerprint density at radius 1 is 1.44 bits per heavy atom. The molecule has 11 heteroatoms. The molecule has 0 atom stereocenters. The summed E-state index contributed by atoms with van der Waals surface area (Å²) in [4.78, 5) is 15.3. The van der Waals surface area contributed by atoms with Gasteiger partial charge in [-0.25, -0.2) is 18.1 Å². The van der Waals surface area contributed by atoms with Gasteiger partial charge in [0.15, 0.2) is 4.47 Å². The van der Waals surface area contributed by atoms with Crippen LogP contribution in [0.1, 0.15) is 23.3 Å². The Morgan fingerprint density at radius 3 is 2.72 bits per heavy atom. The molecule has 1 aliphatic carbocycles. The summed E-state index contributed by atoms with van der Waals surface area (Å²) in [6, 6.07) is 2.42. The molecule has 1 saturated carbocycles. The topological polar surface area (TPSA) is 114 Å². The van der Waals surface area contributed by atoms with Gasteiger partial charge in [-0.2, -0.15) is 0 Å². The largest absolute Gasteiger partial charge is 0.380 e. The van der Waals surface area contributed by atoms with E-state index in [0.29, 0.717) is 22.3 Å². The molecule has 0 saturated heterocycles. The summed E-state index contributed by atoms with van der Waals surface area (Å²) in [6.45, 7) is 1.91. The maximum Gasteiger partial charge on any atom is 0.275 e. The van der Waals surface area contributed by atoms with Crippen LogP contribution in [0.5, 0.6) is 0 Å². The van der Waals surface area contributed by atoms with Crippen LogP contribution in [-0.2, 0) is 16.6 Å². The van der Waals surface area contributed by atoms with Crippen molar-refractivity contribution in [3.05, 3.63) is 43.4 Å². The lowest BCUT2D eigenvalue weighted by Crippen LogP contribution is -2.26. The third-order valence-electron chi connectivity index (χ3n) is 3.74. The second-order valence-corrected chi connectivity index (χ2v) is 9.11. The van der Waals surface area contributed by atoms with Crippen molar-refractivity contribution in [2.45, 2.75) is 37.2 Å². The molecule has 0 aliphatic heterocycles. The Morgan fingerprint density at radius 2 is 2.16 bits per heavy atom. The minimum atomic E-state index is -3.80. The van der Waals surface area contributed by atoms with Crippen LogP contribution in [0.3, 0.4) is 0 Å². The molecule has 2 aromatic rings. The minimum Gasteiger partial charge on any atom is -0.380 e. The maximum atomic E-state index is 12.4. The van der Waals surface area contributed by atoms with E-state index in [0.717, 1.165) is 23.8 Å². The van der Waals surface area contributed by atoms with Crippen LogP contribution in [0, 0.1) is 17.0 Å². The Labute approximate surface area is 153 Å². The van der Waals surface area contributed by atoms with Gasteiger partial charge in [0, 0.05) is 34.4 Å². The molecule has 0 bridgehead atoms. The number of nitrogens with zero attached hydrogens (tertiary/aromatic N) is 2. The number of nitro benzene ring substituents is 1. The van der Waals surface area contributed by atoms with Crippen molar-refractivity contribution in [1.82, 2.24) is 9.71 Å². The van der Waals surface area contributed by atoms with Gasteiger partial charge in [-0.1, -0.05) is 11.6 Å². The zero-order valence-corrected chi connectivity index (χ0v) is 15.5. The van der Waals surface area contributed by atoms with Gasteiger partial charge in [-0.15, -0.1) is 11.3 Å². The van der Waals surface area contributed by atoms with Crippen molar-refractivity contribution in [1.29, 1.82) is 0 Å². The van der Waals surface area contributed by atoms with Crippen LogP contribution < -0.4 is 10.0 Å². The van der Waals surface area contributed by atoms with Crippen molar-refractivity contribution in [3.8, 4) is 0 Å². The first-order valence-electron chi connectivity index (χ1n) is 7.42. The Bertz CT molecular complexity index is 925. The highest BCUT2D eigenvalue weighted by Gasteiger charge is 2.30. The maximum absolute atomic E-state index is 12.4. The van der Waals surface area contributed by atoms with Gasteiger partial charge in [0.2, 0.25) is 10.0 Å².